The van der Waals surface area contributed by atoms with E-state index in [1.807, 2.05) is 36.4 Å². The van der Waals surface area contributed by atoms with Crippen molar-refractivity contribution in [2.75, 3.05) is 43.4 Å². The molecule has 182 valence electrons. The van der Waals surface area contributed by atoms with E-state index in [0.717, 1.165) is 10.5 Å². The lowest BCUT2D eigenvalue weighted by atomic mass is 10.0. The van der Waals surface area contributed by atoms with E-state index in [2.05, 4.69) is 4.98 Å². The highest BCUT2D eigenvalue weighted by Gasteiger charge is 2.36. The number of hydrogen-bond donors (Lipinski definition) is 1. The predicted octanol–water partition coefficient (Wildman–Crippen LogP) is 4.89. The van der Waals surface area contributed by atoms with Gasteiger partial charge in [0.1, 0.15) is 11.5 Å². The zero-order chi connectivity index (χ0) is 25.1. The number of carbonyl (C=O) groups is 1. The smallest absolute Gasteiger partial charge is 0.329 e. The zero-order valence-corrected chi connectivity index (χ0v) is 19.7. The van der Waals surface area contributed by atoms with Crippen LogP contribution in [0.5, 0.6) is 5.75 Å². The van der Waals surface area contributed by atoms with Crippen LogP contribution in [-0.2, 0) is 17.7 Å². The van der Waals surface area contributed by atoms with Crippen molar-refractivity contribution in [2.24, 2.45) is 0 Å². The fourth-order valence-corrected chi connectivity index (χ4v) is 4.11. The molecule has 7 nitrogen and oxygen atoms in total. The Balaban J connectivity index is 1.79. The summed E-state index contributed by atoms with van der Waals surface area (Å²) in [5.41, 5.74) is 8.48. The lowest BCUT2D eigenvalue weighted by molar-refractivity contribution is 0.201. The molecule has 1 aliphatic rings. The third kappa shape index (κ3) is 4.54. The van der Waals surface area contributed by atoms with Crippen molar-refractivity contribution >= 4 is 35.4 Å². The number of benzene rings is 2. The molecule has 0 atom stereocenters. The van der Waals surface area contributed by atoms with E-state index < -0.39 is 23.4 Å². The normalized spacial score (nSPS) is 13.5. The number of nitrogens with zero attached hydrogens (tertiary/aromatic N) is 3. The highest BCUT2D eigenvalue weighted by Crippen LogP contribution is 2.40. The number of aromatic nitrogens is 1. The SMILES string of the molecule is COCCc1cc(OC)c(F)c(N2Cc3cnc(N)c(/C=C/c4ccccc4)c3N(C)C2=O)c1F. The van der Waals surface area contributed by atoms with Crippen molar-refractivity contribution in [1.82, 2.24) is 4.98 Å². The van der Waals surface area contributed by atoms with Crippen LogP contribution in [0.25, 0.3) is 12.2 Å². The lowest BCUT2D eigenvalue weighted by Crippen LogP contribution is -2.46. The molecule has 0 fully saturated rings. The van der Waals surface area contributed by atoms with Gasteiger partial charge in [-0.2, -0.15) is 0 Å². The molecule has 9 heteroatoms. The number of hydrogen-bond acceptors (Lipinski definition) is 5. The number of nitrogens with two attached hydrogens (primary N) is 1. The summed E-state index contributed by atoms with van der Waals surface area (Å²) in [7, 11) is 4.31. The van der Waals surface area contributed by atoms with Gasteiger partial charge in [0.15, 0.2) is 17.4 Å². The number of urea groups is 1. The first kappa shape index (κ1) is 24.2. The number of carbonyl (C=O) groups excluding carboxylic acids is 1. The van der Waals surface area contributed by atoms with Crippen LogP contribution >= 0.6 is 0 Å². The molecule has 0 radical (unpaired) electrons. The van der Waals surface area contributed by atoms with Gasteiger partial charge in [0.25, 0.3) is 0 Å². The molecule has 0 bridgehead atoms. The first-order valence-corrected chi connectivity index (χ1v) is 11.0. The quantitative estimate of drug-likeness (QED) is 0.521. The number of nitrogen functional groups attached to an aromatic ring is 1. The predicted molar refractivity (Wildman–Crippen MR) is 132 cm³/mol. The zero-order valence-electron chi connectivity index (χ0n) is 19.7. The van der Waals surface area contributed by atoms with Crippen LogP contribution < -0.4 is 20.3 Å². The summed E-state index contributed by atoms with van der Waals surface area (Å²) < 4.78 is 40.9. The van der Waals surface area contributed by atoms with E-state index in [4.69, 9.17) is 15.2 Å². The van der Waals surface area contributed by atoms with Gasteiger partial charge in [-0.15, -0.1) is 0 Å². The number of fused-ring (bicyclic) bond motifs is 1. The molecule has 0 spiro atoms. The standard InChI is InChI=1S/C26H26F2N4O3/c1-31-23-18(14-30-25(29)19(23)10-9-16-7-5-4-6-8-16)15-32(26(31)33)24-21(27)17(11-12-34-2)13-20(35-3)22(24)28/h4-10,13-14H,11-12,15H2,1-3H3,(H2,29,30)/b10-9+. The van der Waals surface area contributed by atoms with E-state index in [0.29, 0.717) is 16.8 Å². The summed E-state index contributed by atoms with van der Waals surface area (Å²) in [6.07, 6.45) is 5.35. The van der Waals surface area contributed by atoms with Gasteiger partial charge in [-0.3, -0.25) is 9.80 Å². The Bertz CT molecular complexity index is 1280. The van der Waals surface area contributed by atoms with Gasteiger partial charge in [-0.1, -0.05) is 36.4 Å². The third-order valence-corrected chi connectivity index (χ3v) is 5.90. The number of rotatable bonds is 7. The van der Waals surface area contributed by atoms with E-state index in [9.17, 15) is 4.79 Å². The molecule has 1 aromatic heterocycles. The van der Waals surface area contributed by atoms with Gasteiger partial charge in [-0.05, 0) is 29.7 Å². The van der Waals surface area contributed by atoms with E-state index in [-0.39, 0.29) is 36.7 Å². The molecular weight excluding hydrogens is 454 g/mol. The van der Waals surface area contributed by atoms with E-state index in [1.165, 1.54) is 38.4 Å². The van der Waals surface area contributed by atoms with Crippen molar-refractivity contribution in [1.29, 1.82) is 0 Å². The molecule has 35 heavy (non-hydrogen) atoms. The summed E-state index contributed by atoms with van der Waals surface area (Å²) >= 11 is 0. The highest BCUT2D eigenvalue weighted by molar-refractivity contribution is 6.08. The second-order valence-electron chi connectivity index (χ2n) is 8.06. The van der Waals surface area contributed by atoms with E-state index >= 15 is 8.78 Å². The van der Waals surface area contributed by atoms with Crippen LogP contribution in [0.2, 0.25) is 0 Å². The fraction of sp³-hybridized carbons (Fsp3) is 0.231. The minimum Gasteiger partial charge on any atom is -0.494 e. The topological polar surface area (TPSA) is 80.9 Å². The van der Waals surface area contributed by atoms with Gasteiger partial charge in [-0.25, -0.2) is 18.6 Å². The monoisotopic (exact) mass is 480 g/mol. The number of amides is 2. The van der Waals surface area contributed by atoms with Crippen LogP contribution in [0.15, 0.2) is 42.6 Å². The Kier molecular flexibility index (Phi) is 6.97. The number of pyridine rings is 1. The Morgan fingerprint density at radius 1 is 1.11 bits per heavy atom. The van der Waals surface area contributed by atoms with Crippen LogP contribution in [0, 0.1) is 11.6 Å². The van der Waals surface area contributed by atoms with Crippen LogP contribution in [0.4, 0.5) is 30.8 Å². The Labute approximate surface area is 202 Å². The maximum absolute atomic E-state index is 15.5. The Hall–Kier alpha value is -3.98. The fourth-order valence-electron chi connectivity index (χ4n) is 4.11. The van der Waals surface area contributed by atoms with Crippen molar-refractivity contribution in [2.45, 2.75) is 13.0 Å². The molecule has 4 rings (SSSR count). The maximum Gasteiger partial charge on any atom is 0.329 e. The summed E-state index contributed by atoms with van der Waals surface area (Å²) in [5.74, 6) is -1.71. The number of halogens is 2. The minimum absolute atomic E-state index is 0.0946. The largest absolute Gasteiger partial charge is 0.494 e. The summed E-state index contributed by atoms with van der Waals surface area (Å²) in [6.45, 7) is 0.130. The first-order chi connectivity index (χ1) is 16.9. The van der Waals surface area contributed by atoms with Crippen LogP contribution in [-0.4, -0.2) is 38.9 Å². The molecular formula is C26H26F2N4O3. The minimum atomic E-state index is -0.955. The molecule has 2 N–H and O–H groups in total. The number of methoxy groups -OCH3 is 2. The second-order valence-corrected chi connectivity index (χ2v) is 8.06. The average Bonchev–Trinajstić information content (AvgIpc) is 2.86. The molecule has 2 heterocycles. The Morgan fingerprint density at radius 3 is 2.54 bits per heavy atom. The summed E-state index contributed by atoms with van der Waals surface area (Å²) in [6, 6.07) is 10.3. The highest BCUT2D eigenvalue weighted by atomic mass is 19.1. The van der Waals surface area contributed by atoms with E-state index in [1.54, 1.807) is 6.08 Å². The molecule has 3 aromatic rings. The maximum atomic E-state index is 15.5. The molecule has 0 aliphatic carbocycles. The molecule has 0 unspecified atom stereocenters. The molecule has 1 aliphatic heterocycles. The number of anilines is 3. The van der Waals surface area contributed by atoms with Gasteiger partial charge in [0, 0.05) is 31.5 Å². The molecule has 0 saturated heterocycles. The molecule has 0 saturated carbocycles. The molecule has 2 aromatic carbocycles. The Morgan fingerprint density at radius 2 is 1.86 bits per heavy atom. The van der Waals surface area contributed by atoms with Crippen molar-refractivity contribution in [3.8, 4) is 5.75 Å². The summed E-state index contributed by atoms with van der Waals surface area (Å²) in [4.78, 5) is 20.1. The van der Waals surface area contributed by atoms with Gasteiger partial charge in [0.05, 0.1) is 25.9 Å². The van der Waals surface area contributed by atoms with Gasteiger partial charge < -0.3 is 15.2 Å². The first-order valence-electron chi connectivity index (χ1n) is 11.0. The average molecular weight is 481 g/mol. The number of ether oxygens (including phenoxy) is 2. The van der Waals surface area contributed by atoms with Gasteiger partial charge >= 0.3 is 6.03 Å². The molecule has 2 amide bonds. The lowest BCUT2D eigenvalue weighted by Gasteiger charge is -2.36. The second kappa shape index (κ2) is 10.1. The third-order valence-electron chi connectivity index (χ3n) is 5.90. The van der Waals surface area contributed by atoms with Crippen LogP contribution in [0.3, 0.4) is 0 Å². The van der Waals surface area contributed by atoms with Crippen molar-refractivity contribution in [3.63, 3.8) is 0 Å². The summed E-state index contributed by atoms with van der Waals surface area (Å²) in [5, 5.41) is 0. The van der Waals surface area contributed by atoms with Crippen molar-refractivity contribution < 1.29 is 23.0 Å². The van der Waals surface area contributed by atoms with Crippen molar-refractivity contribution in [3.05, 3.63) is 76.5 Å². The van der Waals surface area contributed by atoms with Gasteiger partial charge in [0.2, 0.25) is 0 Å². The van der Waals surface area contributed by atoms with Crippen LogP contribution in [0.1, 0.15) is 22.3 Å².